The van der Waals surface area contributed by atoms with Gasteiger partial charge in [0, 0.05) is 32.8 Å². The third-order valence-electron chi connectivity index (χ3n) is 2.69. The molecule has 3 N–H and O–H groups in total. The number of hydrogen-bond donors (Lipinski definition) is 2. The van der Waals surface area contributed by atoms with Crippen molar-refractivity contribution in [2.24, 2.45) is 5.73 Å². The second-order valence-corrected chi connectivity index (χ2v) is 3.74. The van der Waals surface area contributed by atoms with Crippen molar-refractivity contribution in [1.29, 1.82) is 0 Å². The number of carbonyl (C=O) groups excluding carboxylic acids is 1. The van der Waals surface area contributed by atoms with Crippen LogP contribution in [-0.2, 0) is 4.74 Å². The Bertz CT molecular complexity index is 213. The molecule has 1 rings (SSSR count). The van der Waals surface area contributed by atoms with Crippen LogP contribution in [0.2, 0.25) is 0 Å². The van der Waals surface area contributed by atoms with E-state index in [0.29, 0.717) is 13.1 Å². The van der Waals surface area contributed by atoms with E-state index in [-0.39, 0.29) is 12.1 Å². The summed E-state index contributed by atoms with van der Waals surface area (Å²) in [5.41, 5.74) is 5.86. The Labute approximate surface area is 89.4 Å². The summed E-state index contributed by atoms with van der Waals surface area (Å²) in [6.07, 6.45) is -0.308. The molecule has 0 radical (unpaired) electrons. The second kappa shape index (κ2) is 5.89. The van der Waals surface area contributed by atoms with Crippen LogP contribution in [0, 0.1) is 0 Å². The normalized spacial score (nSPS) is 27.6. The van der Waals surface area contributed by atoms with Crippen LogP contribution in [0.4, 0.5) is 4.79 Å². The summed E-state index contributed by atoms with van der Waals surface area (Å²) in [6.45, 7) is 2.69. The summed E-state index contributed by atoms with van der Waals surface area (Å²) in [7, 11) is 1.65. The van der Waals surface area contributed by atoms with Crippen molar-refractivity contribution in [3.05, 3.63) is 0 Å². The lowest BCUT2D eigenvalue weighted by Gasteiger charge is -2.36. The van der Waals surface area contributed by atoms with Gasteiger partial charge in [0.1, 0.15) is 6.09 Å². The molecular weight excluding hydrogens is 198 g/mol. The number of rotatable bonds is 4. The van der Waals surface area contributed by atoms with Crippen molar-refractivity contribution in [2.75, 3.05) is 33.3 Å². The molecule has 1 saturated heterocycles. The minimum atomic E-state index is -1.23. The minimum absolute atomic E-state index is 0.0432. The Morgan fingerprint density at radius 2 is 2.47 bits per heavy atom. The van der Waals surface area contributed by atoms with Crippen molar-refractivity contribution in [2.45, 2.75) is 18.6 Å². The van der Waals surface area contributed by atoms with Crippen molar-refractivity contribution in [3.63, 3.8) is 0 Å². The number of nitrogens with two attached hydrogens (primary N) is 1. The van der Waals surface area contributed by atoms with Crippen LogP contribution >= 0.6 is 0 Å². The standard InChI is InChI=1S/C9H19N3O3/c1-15-8-6-12(4-2-7(8)10)5-3-11-9(13)14/h7-8,11H,2-6,10H2,1H3,(H,13,14)/p-1. The average Bonchev–Trinajstić information content (AvgIpc) is 2.20. The lowest BCUT2D eigenvalue weighted by atomic mass is 10.0. The molecule has 0 aliphatic carbocycles. The highest BCUT2D eigenvalue weighted by Gasteiger charge is 2.25. The maximum Gasteiger partial charge on any atom is 0.134 e. The predicted molar refractivity (Wildman–Crippen MR) is 53.2 cm³/mol. The molecule has 0 aromatic carbocycles. The molecule has 15 heavy (non-hydrogen) atoms. The van der Waals surface area contributed by atoms with Gasteiger partial charge in [0.15, 0.2) is 0 Å². The Morgan fingerprint density at radius 3 is 3.07 bits per heavy atom. The van der Waals surface area contributed by atoms with Crippen LogP contribution in [0.5, 0.6) is 0 Å². The molecule has 0 saturated carbocycles. The molecule has 1 amide bonds. The molecule has 0 bridgehead atoms. The van der Waals surface area contributed by atoms with Gasteiger partial charge in [0.2, 0.25) is 0 Å². The fourth-order valence-electron chi connectivity index (χ4n) is 1.77. The average molecular weight is 216 g/mol. The summed E-state index contributed by atoms with van der Waals surface area (Å²) in [6, 6.07) is 0.0837. The maximum absolute atomic E-state index is 10.1. The highest BCUT2D eigenvalue weighted by atomic mass is 16.5. The van der Waals surface area contributed by atoms with Gasteiger partial charge in [-0.05, 0) is 13.0 Å². The number of nitrogens with one attached hydrogen (secondary N) is 1. The highest BCUT2D eigenvalue weighted by Crippen LogP contribution is 2.10. The molecule has 0 aromatic heterocycles. The number of ether oxygens (including phenoxy) is 1. The van der Waals surface area contributed by atoms with E-state index in [0.717, 1.165) is 19.5 Å². The van der Waals surface area contributed by atoms with Gasteiger partial charge >= 0.3 is 0 Å². The van der Waals surface area contributed by atoms with Crippen LogP contribution in [0.25, 0.3) is 0 Å². The van der Waals surface area contributed by atoms with E-state index in [1.54, 1.807) is 7.11 Å². The van der Waals surface area contributed by atoms with Gasteiger partial charge in [0.25, 0.3) is 0 Å². The molecule has 2 unspecified atom stereocenters. The van der Waals surface area contributed by atoms with Crippen LogP contribution in [0.15, 0.2) is 0 Å². The van der Waals surface area contributed by atoms with Gasteiger partial charge in [-0.25, -0.2) is 0 Å². The Hall–Kier alpha value is -0.850. The zero-order chi connectivity index (χ0) is 11.3. The van der Waals surface area contributed by atoms with Gasteiger partial charge in [-0.2, -0.15) is 0 Å². The predicted octanol–water partition coefficient (Wildman–Crippen LogP) is -2.03. The molecule has 1 aliphatic rings. The molecule has 0 aromatic rings. The Morgan fingerprint density at radius 1 is 1.73 bits per heavy atom. The molecule has 6 heteroatoms. The lowest BCUT2D eigenvalue weighted by Crippen LogP contribution is -2.53. The van der Waals surface area contributed by atoms with E-state index in [1.807, 2.05) is 0 Å². The van der Waals surface area contributed by atoms with Crippen molar-refractivity contribution >= 4 is 6.09 Å². The number of piperidine rings is 1. The van der Waals surface area contributed by atoms with E-state index in [2.05, 4.69) is 10.2 Å². The van der Waals surface area contributed by atoms with E-state index in [4.69, 9.17) is 10.5 Å². The molecule has 1 aliphatic heterocycles. The van der Waals surface area contributed by atoms with Gasteiger partial charge in [-0.1, -0.05) is 0 Å². The van der Waals surface area contributed by atoms with Gasteiger partial charge in [-0.3, -0.25) is 4.90 Å². The summed E-state index contributed by atoms with van der Waals surface area (Å²) in [4.78, 5) is 12.3. The smallest absolute Gasteiger partial charge is 0.134 e. The monoisotopic (exact) mass is 216 g/mol. The zero-order valence-electron chi connectivity index (χ0n) is 8.94. The number of methoxy groups -OCH3 is 1. The van der Waals surface area contributed by atoms with Gasteiger partial charge in [0.05, 0.1) is 6.10 Å². The molecule has 88 valence electrons. The number of amides is 1. The number of carboxylic acid groups (broad SMARTS) is 1. The van der Waals surface area contributed by atoms with Crippen LogP contribution in [0.3, 0.4) is 0 Å². The Balaban J connectivity index is 2.23. The highest BCUT2D eigenvalue weighted by molar-refractivity contribution is 5.61. The van der Waals surface area contributed by atoms with Crippen LogP contribution in [-0.4, -0.2) is 56.4 Å². The first-order chi connectivity index (χ1) is 7.13. The number of likely N-dealkylation sites (tertiary alicyclic amines) is 1. The molecule has 0 spiro atoms. The molecule has 1 heterocycles. The third-order valence-corrected chi connectivity index (χ3v) is 2.69. The first kappa shape index (κ1) is 12.2. The van der Waals surface area contributed by atoms with Gasteiger partial charge in [-0.15, -0.1) is 0 Å². The fourth-order valence-corrected chi connectivity index (χ4v) is 1.77. The summed E-state index contributed by atoms with van der Waals surface area (Å²) < 4.78 is 5.25. The van der Waals surface area contributed by atoms with Crippen LogP contribution in [0.1, 0.15) is 6.42 Å². The fraction of sp³-hybridized carbons (Fsp3) is 0.889. The SMILES string of the molecule is COC1CN(CCNC(=O)[O-])CCC1N. The molecule has 1 fully saturated rings. The topological polar surface area (TPSA) is 90.6 Å². The quantitative estimate of drug-likeness (QED) is 0.565. The van der Waals surface area contributed by atoms with Crippen molar-refractivity contribution in [1.82, 2.24) is 10.2 Å². The third kappa shape index (κ3) is 4.03. The minimum Gasteiger partial charge on any atom is -0.530 e. The van der Waals surface area contributed by atoms with E-state index < -0.39 is 6.09 Å². The molecule has 2 atom stereocenters. The largest absolute Gasteiger partial charge is 0.530 e. The maximum atomic E-state index is 10.1. The first-order valence-corrected chi connectivity index (χ1v) is 5.09. The second-order valence-electron chi connectivity index (χ2n) is 3.74. The number of nitrogens with zero attached hydrogens (tertiary/aromatic N) is 1. The lowest BCUT2D eigenvalue weighted by molar-refractivity contribution is -0.250. The zero-order valence-corrected chi connectivity index (χ0v) is 8.94. The van der Waals surface area contributed by atoms with E-state index >= 15 is 0 Å². The number of carbonyl (C=O) groups is 1. The van der Waals surface area contributed by atoms with Gasteiger partial charge < -0.3 is 25.7 Å². The van der Waals surface area contributed by atoms with Crippen LogP contribution < -0.4 is 16.2 Å². The summed E-state index contributed by atoms with van der Waals surface area (Å²) in [5.74, 6) is 0. The first-order valence-electron chi connectivity index (χ1n) is 5.09. The van der Waals surface area contributed by atoms with Crippen molar-refractivity contribution in [3.8, 4) is 0 Å². The van der Waals surface area contributed by atoms with E-state index in [9.17, 15) is 9.90 Å². The molecular formula is C9H18N3O3-. The van der Waals surface area contributed by atoms with E-state index in [1.165, 1.54) is 0 Å². The van der Waals surface area contributed by atoms with Crippen molar-refractivity contribution < 1.29 is 14.6 Å². The summed E-state index contributed by atoms with van der Waals surface area (Å²) in [5, 5.41) is 12.4. The Kier molecular flexibility index (Phi) is 4.80. The molecule has 6 nitrogen and oxygen atoms in total. The summed E-state index contributed by atoms with van der Waals surface area (Å²) >= 11 is 0. The number of hydrogen-bond acceptors (Lipinski definition) is 5.